The van der Waals surface area contributed by atoms with Gasteiger partial charge in [-0.1, -0.05) is 24.3 Å². The Morgan fingerprint density at radius 1 is 1.59 bits per heavy atom. The summed E-state index contributed by atoms with van der Waals surface area (Å²) in [6.45, 7) is 6.03. The van der Waals surface area contributed by atoms with Crippen molar-refractivity contribution in [3.05, 3.63) is 24.3 Å². The fraction of sp³-hybridized carbons (Fsp3) is 0.643. The van der Waals surface area contributed by atoms with Gasteiger partial charge in [0.2, 0.25) is 0 Å². The number of hydrogen-bond donors (Lipinski definition) is 1. The van der Waals surface area contributed by atoms with Crippen molar-refractivity contribution in [1.29, 1.82) is 0 Å². The fourth-order valence-corrected chi connectivity index (χ4v) is 3.98. The molecule has 1 heterocycles. The highest BCUT2D eigenvalue weighted by Crippen LogP contribution is 2.60. The van der Waals surface area contributed by atoms with Crippen LogP contribution in [-0.4, -0.2) is 22.3 Å². The molecule has 1 spiro atoms. The van der Waals surface area contributed by atoms with E-state index < -0.39 is 11.2 Å². The molecule has 0 radical (unpaired) electrons. The van der Waals surface area contributed by atoms with Crippen LogP contribution < -0.4 is 0 Å². The van der Waals surface area contributed by atoms with E-state index in [0.717, 1.165) is 12.0 Å². The normalized spacial score (nSPS) is 47.5. The fourth-order valence-electron chi connectivity index (χ4n) is 3.98. The average Bonchev–Trinajstić information content (AvgIpc) is 2.61. The van der Waals surface area contributed by atoms with Gasteiger partial charge in [-0.25, -0.2) is 0 Å². The Kier molecular flexibility index (Phi) is 2.09. The predicted molar refractivity (Wildman–Crippen MR) is 63.2 cm³/mol. The van der Waals surface area contributed by atoms with Gasteiger partial charge in [0.15, 0.2) is 0 Å². The highest BCUT2D eigenvalue weighted by atomic mass is 16.6. The topological polar surface area (TPSA) is 46.5 Å². The minimum Gasteiger partial charge on any atom is -0.455 e. The van der Waals surface area contributed by atoms with Gasteiger partial charge in [0.25, 0.3) is 0 Å². The molecule has 17 heavy (non-hydrogen) atoms. The van der Waals surface area contributed by atoms with Gasteiger partial charge in [-0.2, -0.15) is 0 Å². The molecule has 92 valence electrons. The van der Waals surface area contributed by atoms with Crippen LogP contribution >= 0.6 is 0 Å². The second-order valence-electron chi connectivity index (χ2n) is 5.75. The van der Waals surface area contributed by atoms with Crippen LogP contribution in [0.2, 0.25) is 0 Å². The number of carbonyl (C=O) groups excluding carboxylic acids is 1. The van der Waals surface area contributed by atoms with E-state index in [-0.39, 0.29) is 24.2 Å². The summed E-state index contributed by atoms with van der Waals surface area (Å²) in [6, 6.07) is 0. The minimum atomic E-state index is -0.983. The first-order chi connectivity index (χ1) is 7.98. The third-order valence-electron chi connectivity index (χ3n) is 4.77. The Hall–Kier alpha value is -1.09. The van der Waals surface area contributed by atoms with Crippen molar-refractivity contribution in [3.63, 3.8) is 0 Å². The summed E-state index contributed by atoms with van der Waals surface area (Å²) in [7, 11) is 0. The molecule has 0 unspecified atom stereocenters. The van der Waals surface area contributed by atoms with Gasteiger partial charge in [0, 0.05) is 12.3 Å². The Balaban J connectivity index is 2.08. The van der Waals surface area contributed by atoms with Crippen LogP contribution in [0, 0.1) is 11.8 Å². The second kappa shape index (κ2) is 3.22. The number of ether oxygens (including phenoxy) is 1. The van der Waals surface area contributed by atoms with Gasteiger partial charge in [0.1, 0.15) is 11.2 Å². The third-order valence-corrected chi connectivity index (χ3v) is 4.77. The smallest absolute Gasteiger partial charge is 0.309 e. The lowest BCUT2D eigenvalue weighted by molar-refractivity contribution is -0.161. The molecule has 3 heteroatoms. The number of carbonyl (C=O) groups is 1. The van der Waals surface area contributed by atoms with Crippen LogP contribution in [0.3, 0.4) is 0 Å². The molecule has 1 saturated heterocycles. The molecule has 3 aliphatic rings. The molecule has 0 amide bonds. The zero-order valence-electron chi connectivity index (χ0n) is 10.1. The standard InChI is InChI=1S/C14H18O3/c1-9(2)10-7-13(16)8-12(15)17-14(13)6-4-3-5-11(10)14/h3-4,10-11,16H,1,5-8H2,2H3/t10-,11+,13-,14+/m0/s1. The monoisotopic (exact) mass is 234 g/mol. The number of hydrogen-bond acceptors (Lipinski definition) is 3. The van der Waals surface area contributed by atoms with Crippen molar-refractivity contribution < 1.29 is 14.6 Å². The molecule has 3 nitrogen and oxygen atoms in total. The van der Waals surface area contributed by atoms with Crippen LogP contribution in [0.1, 0.15) is 32.6 Å². The molecule has 0 aromatic heterocycles. The quantitative estimate of drug-likeness (QED) is 0.557. The summed E-state index contributed by atoms with van der Waals surface area (Å²) in [5.41, 5.74) is -0.575. The van der Waals surface area contributed by atoms with E-state index in [1.807, 2.05) is 13.0 Å². The first kappa shape index (κ1) is 11.0. The molecule has 2 fully saturated rings. The molecule has 1 saturated carbocycles. The molecule has 0 aromatic rings. The number of aliphatic hydroxyl groups is 1. The zero-order chi connectivity index (χ0) is 12.3. The summed E-state index contributed by atoms with van der Waals surface area (Å²) >= 11 is 0. The summed E-state index contributed by atoms with van der Waals surface area (Å²) in [5.74, 6) is 0.201. The lowest BCUT2D eigenvalue weighted by Gasteiger charge is -2.40. The van der Waals surface area contributed by atoms with Gasteiger partial charge in [-0.05, 0) is 25.7 Å². The maximum Gasteiger partial charge on any atom is 0.309 e. The molecular weight excluding hydrogens is 216 g/mol. The molecule has 0 bridgehead atoms. The minimum absolute atomic E-state index is 0.140. The first-order valence-electron chi connectivity index (χ1n) is 6.23. The van der Waals surface area contributed by atoms with Crippen LogP contribution in [-0.2, 0) is 9.53 Å². The van der Waals surface area contributed by atoms with Gasteiger partial charge in [0.05, 0.1) is 6.42 Å². The largest absolute Gasteiger partial charge is 0.455 e. The van der Waals surface area contributed by atoms with E-state index in [1.165, 1.54) is 0 Å². The van der Waals surface area contributed by atoms with Crippen LogP contribution in [0.4, 0.5) is 0 Å². The number of rotatable bonds is 1. The van der Waals surface area contributed by atoms with Crippen molar-refractivity contribution in [2.24, 2.45) is 11.8 Å². The highest BCUT2D eigenvalue weighted by molar-refractivity contribution is 5.75. The average molecular weight is 234 g/mol. The van der Waals surface area contributed by atoms with E-state index in [9.17, 15) is 9.90 Å². The molecule has 4 atom stereocenters. The molecule has 0 aromatic carbocycles. The molecule has 1 aliphatic heterocycles. The highest BCUT2D eigenvalue weighted by Gasteiger charge is 2.69. The van der Waals surface area contributed by atoms with Crippen molar-refractivity contribution in [1.82, 2.24) is 0 Å². The van der Waals surface area contributed by atoms with Crippen molar-refractivity contribution >= 4 is 5.97 Å². The Morgan fingerprint density at radius 3 is 3.06 bits per heavy atom. The van der Waals surface area contributed by atoms with Crippen molar-refractivity contribution in [2.75, 3.05) is 0 Å². The lowest BCUT2D eigenvalue weighted by Crippen LogP contribution is -2.51. The third kappa shape index (κ3) is 1.23. The van der Waals surface area contributed by atoms with E-state index in [1.54, 1.807) is 0 Å². The van der Waals surface area contributed by atoms with Crippen molar-refractivity contribution in [2.45, 2.75) is 43.8 Å². The molecular formula is C14H18O3. The van der Waals surface area contributed by atoms with E-state index in [2.05, 4.69) is 12.7 Å². The number of allylic oxidation sites excluding steroid dienone is 2. The maximum absolute atomic E-state index is 11.6. The summed E-state index contributed by atoms with van der Waals surface area (Å²) in [5, 5.41) is 10.8. The van der Waals surface area contributed by atoms with E-state index in [4.69, 9.17) is 4.74 Å². The van der Waals surface area contributed by atoms with Gasteiger partial charge >= 0.3 is 5.97 Å². The summed E-state index contributed by atoms with van der Waals surface area (Å²) in [6.07, 6.45) is 6.42. The Bertz CT molecular complexity index is 425. The predicted octanol–water partition coefficient (Wildman–Crippen LogP) is 1.97. The second-order valence-corrected chi connectivity index (χ2v) is 5.75. The first-order valence-corrected chi connectivity index (χ1v) is 6.23. The van der Waals surface area contributed by atoms with E-state index >= 15 is 0 Å². The Morgan fingerprint density at radius 2 is 2.35 bits per heavy atom. The zero-order valence-corrected chi connectivity index (χ0v) is 10.1. The molecule has 2 aliphatic carbocycles. The van der Waals surface area contributed by atoms with Crippen molar-refractivity contribution in [3.8, 4) is 0 Å². The SMILES string of the molecule is C=C(C)[C@@H]1C[C@]2(O)CC(=O)O[C@@]23CC=CC[C@H]13. The summed E-state index contributed by atoms with van der Waals surface area (Å²) in [4.78, 5) is 11.6. The van der Waals surface area contributed by atoms with Gasteiger partial charge in [-0.15, -0.1) is 0 Å². The van der Waals surface area contributed by atoms with Crippen LogP contribution in [0.5, 0.6) is 0 Å². The maximum atomic E-state index is 11.6. The number of esters is 1. The summed E-state index contributed by atoms with van der Waals surface area (Å²) < 4.78 is 5.58. The van der Waals surface area contributed by atoms with Crippen LogP contribution in [0.25, 0.3) is 0 Å². The molecule has 3 rings (SSSR count). The van der Waals surface area contributed by atoms with Gasteiger partial charge < -0.3 is 9.84 Å². The lowest BCUT2D eigenvalue weighted by atomic mass is 9.73. The Labute approximate surface area is 101 Å². The molecule has 1 N–H and O–H groups in total. The van der Waals surface area contributed by atoms with E-state index in [0.29, 0.717) is 12.8 Å². The van der Waals surface area contributed by atoms with Gasteiger partial charge in [-0.3, -0.25) is 4.79 Å². The van der Waals surface area contributed by atoms with Crippen LogP contribution in [0.15, 0.2) is 24.3 Å².